The molecule has 0 aliphatic rings. The third kappa shape index (κ3) is 2.01. The lowest BCUT2D eigenvalue weighted by molar-refractivity contribution is 0.0491. The summed E-state index contributed by atoms with van der Waals surface area (Å²) in [5.74, 6) is 0.0584. The molecule has 0 aliphatic heterocycles. The summed E-state index contributed by atoms with van der Waals surface area (Å²) in [5, 5.41) is 0.613. The summed E-state index contributed by atoms with van der Waals surface area (Å²) in [6.07, 6.45) is 1.34. The fraction of sp³-hybridized carbons (Fsp3) is 0.417. The molecule has 6 nitrogen and oxygen atoms in total. The van der Waals surface area contributed by atoms with E-state index in [2.05, 4.69) is 9.97 Å². The number of aryl methyl sites for hydroxylation is 1. The Bertz CT molecular complexity index is 577. The number of ether oxygens (including phenoxy) is 2. The summed E-state index contributed by atoms with van der Waals surface area (Å²) >= 11 is 0. The van der Waals surface area contributed by atoms with Gasteiger partial charge in [0, 0.05) is 5.56 Å². The molecule has 0 saturated carbocycles. The number of rotatable bonds is 4. The predicted molar refractivity (Wildman–Crippen MR) is 63.7 cm³/mol. The number of hydrogen-bond acceptors (Lipinski definition) is 6. The number of hydrogen-bond donors (Lipinski definition) is 0. The monoisotopic (exact) mass is 250 g/mol. The maximum Gasteiger partial charge on any atom is 0.374 e. The lowest BCUT2D eigenvalue weighted by Gasteiger charge is -2.02. The molecule has 0 amide bonds. The van der Waals surface area contributed by atoms with Gasteiger partial charge < -0.3 is 13.9 Å². The highest BCUT2D eigenvalue weighted by molar-refractivity contribution is 5.96. The van der Waals surface area contributed by atoms with Gasteiger partial charge in [-0.15, -0.1) is 0 Å². The van der Waals surface area contributed by atoms with Crippen LogP contribution in [0.4, 0.5) is 0 Å². The molecule has 2 heterocycles. The van der Waals surface area contributed by atoms with Crippen LogP contribution < -0.4 is 4.74 Å². The van der Waals surface area contributed by atoms with E-state index in [1.807, 2.05) is 6.92 Å². The molecule has 0 bridgehead atoms. The van der Waals surface area contributed by atoms with Crippen LogP contribution >= 0.6 is 0 Å². The highest BCUT2D eigenvalue weighted by atomic mass is 16.5. The Labute approximate surface area is 104 Å². The molecule has 2 rings (SSSR count). The highest BCUT2D eigenvalue weighted by Crippen LogP contribution is 2.30. The average molecular weight is 250 g/mol. The first kappa shape index (κ1) is 12.3. The van der Waals surface area contributed by atoms with Crippen molar-refractivity contribution in [2.24, 2.45) is 0 Å². The molecule has 0 radical (unpaired) electrons. The minimum atomic E-state index is -0.504. The van der Waals surface area contributed by atoms with Crippen molar-refractivity contribution in [1.82, 2.24) is 9.97 Å². The first-order valence-corrected chi connectivity index (χ1v) is 5.73. The highest BCUT2D eigenvalue weighted by Gasteiger charge is 2.22. The van der Waals surface area contributed by atoms with Crippen LogP contribution in [0, 0.1) is 6.92 Å². The second-order valence-electron chi connectivity index (χ2n) is 3.57. The molecule has 0 atom stereocenters. The number of carbonyl (C=O) groups is 1. The Hall–Kier alpha value is -2.11. The van der Waals surface area contributed by atoms with Crippen molar-refractivity contribution in [3.63, 3.8) is 0 Å². The van der Waals surface area contributed by atoms with Crippen LogP contribution in [-0.2, 0) is 4.74 Å². The minimum Gasteiger partial charge on any atom is -0.477 e. The molecule has 96 valence electrons. The van der Waals surface area contributed by atoms with Gasteiger partial charge in [-0.25, -0.2) is 14.8 Å². The van der Waals surface area contributed by atoms with Gasteiger partial charge in [-0.1, -0.05) is 0 Å². The van der Waals surface area contributed by atoms with E-state index in [1.165, 1.54) is 6.33 Å². The zero-order valence-electron chi connectivity index (χ0n) is 10.5. The Morgan fingerprint density at radius 2 is 2.11 bits per heavy atom. The van der Waals surface area contributed by atoms with Crippen LogP contribution in [0.3, 0.4) is 0 Å². The van der Waals surface area contributed by atoms with Crippen molar-refractivity contribution >= 4 is 17.1 Å². The molecule has 18 heavy (non-hydrogen) atoms. The summed E-state index contributed by atoms with van der Waals surface area (Å²) in [5.41, 5.74) is 0.960. The Morgan fingerprint density at radius 3 is 2.78 bits per heavy atom. The van der Waals surface area contributed by atoms with Gasteiger partial charge in [0.2, 0.25) is 17.4 Å². The molecule has 6 heteroatoms. The molecule has 2 aromatic rings. The third-order valence-electron chi connectivity index (χ3n) is 2.43. The van der Waals surface area contributed by atoms with Gasteiger partial charge in [0.05, 0.1) is 13.2 Å². The fourth-order valence-corrected chi connectivity index (χ4v) is 1.68. The topological polar surface area (TPSA) is 74.5 Å². The number of nitrogens with zero attached hydrogens (tertiary/aromatic N) is 2. The molecule has 2 aromatic heterocycles. The van der Waals surface area contributed by atoms with Gasteiger partial charge in [0.25, 0.3) is 0 Å². The maximum atomic E-state index is 11.7. The quantitative estimate of drug-likeness (QED) is 0.773. The average Bonchev–Trinajstić information content (AvgIpc) is 2.69. The smallest absolute Gasteiger partial charge is 0.374 e. The second kappa shape index (κ2) is 5.03. The normalized spacial score (nSPS) is 10.6. The minimum absolute atomic E-state index is 0.147. The van der Waals surface area contributed by atoms with Gasteiger partial charge in [-0.3, -0.25) is 0 Å². The van der Waals surface area contributed by atoms with Crippen LogP contribution in [0.5, 0.6) is 5.88 Å². The Balaban J connectivity index is 2.56. The van der Waals surface area contributed by atoms with E-state index >= 15 is 0 Å². The number of fused-ring (bicyclic) bond motifs is 1. The zero-order chi connectivity index (χ0) is 13.1. The molecular weight excluding hydrogens is 236 g/mol. The molecule has 0 fully saturated rings. The van der Waals surface area contributed by atoms with Crippen molar-refractivity contribution in [2.75, 3.05) is 13.2 Å². The standard InChI is InChI=1S/C12H14N2O4/c1-4-16-10-8-7(3)9(12(15)17-5-2)18-11(8)14-6-13-10/h6H,4-5H2,1-3H3. The number of carbonyl (C=O) groups excluding carboxylic acids is 1. The van der Waals surface area contributed by atoms with E-state index in [-0.39, 0.29) is 5.76 Å². The Morgan fingerprint density at radius 1 is 1.33 bits per heavy atom. The molecule has 0 spiro atoms. The summed E-state index contributed by atoms with van der Waals surface area (Å²) in [4.78, 5) is 19.7. The molecule has 0 aromatic carbocycles. The lowest BCUT2D eigenvalue weighted by Crippen LogP contribution is -2.04. The summed E-state index contributed by atoms with van der Waals surface area (Å²) in [7, 11) is 0. The summed E-state index contributed by atoms with van der Waals surface area (Å²) in [6.45, 7) is 6.12. The van der Waals surface area contributed by atoms with E-state index in [9.17, 15) is 4.79 Å². The molecule has 0 saturated heterocycles. The van der Waals surface area contributed by atoms with Crippen LogP contribution in [0.15, 0.2) is 10.7 Å². The lowest BCUT2D eigenvalue weighted by atomic mass is 10.2. The van der Waals surface area contributed by atoms with E-state index < -0.39 is 5.97 Å². The number of furan rings is 1. The Kier molecular flexibility index (Phi) is 3.45. The molecule has 0 N–H and O–H groups in total. The van der Waals surface area contributed by atoms with Crippen LogP contribution in [0.2, 0.25) is 0 Å². The largest absolute Gasteiger partial charge is 0.477 e. The van der Waals surface area contributed by atoms with Gasteiger partial charge in [-0.2, -0.15) is 0 Å². The van der Waals surface area contributed by atoms with E-state index in [0.29, 0.717) is 35.8 Å². The van der Waals surface area contributed by atoms with Crippen molar-refractivity contribution in [3.8, 4) is 5.88 Å². The van der Waals surface area contributed by atoms with Crippen molar-refractivity contribution in [2.45, 2.75) is 20.8 Å². The van der Waals surface area contributed by atoms with E-state index in [0.717, 1.165) is 0 Å². The SMILES string of the molecule is CCOC(=O)c1oc2ncnc(OCC)c2c1C. The summed E-state index contributed by atoms with van der Waals surface area (Å²) < 4.78 is 15.7. The first-order chi connectivity index (χ1) is 8.69. The van der Waals surface area contributed by atoms with Crippen LogP contribution in [0.25, 0.3) is 11.1 Å². The van der Waals surface area contributed by atoms with Crippen molar-refractivity contribution in [3.05, 3.63) is 17.7 Å². The molecule has 0 aliphatic carbocycles. The van der Waals surface area contributed by atoms with E-state index in [1.54, 1.807) is 13.8 Å². The first-order valence-electron chi connectivity index (χ1n) is 5.73. The number of aromatic nitrogens is 2. The predicted octanol–water partition coefficient (Wildman–Crippen LogP) is 2.11. The zero-order valence-corrected chi connectivity index (χ0v) is 10.5. The second-order valence-corrected chi connectivity index (χ2v) is 3.57. The molecule has 0 unspecified atom stereocenters. The van der Waals surface area contributed by atoms with E-state index in [4.69, 9.17) is 13.9 Å². The van der Waals surface area contributed by atoms with Crippen molar-refractivity contribution < 1.29 is 18.7 Å². The maximum absolute atomic E-state index is 11.7. The van der Waals surface area contributed by atoms with Gasteiger partial charge in [0.1, 0.15) is 11.7 Å². The van der Waals surface area contributed by atoms with Gasteiger partial charge >= 0.3 is 5.97 Å². The summed E-state index contributed by atoms with van der Waals surface area (Å²) in [6, 6.07) is 0. The van der Waals surface area contributed by atoms with Crippen LogP contribution in [0.1, 0.15) is 30.0 Å². The van der Waals surface area contributed by atoms with Crippen molar-refractivity contribution in [1.29, 1.82) is 0 Å². The molecular formula is C12H14N2O4. The third-order valence-corrected chi connectivity index (χ3v) is 2.43. The number of esters is 1. The van der Waals surface area contributed by atoms with Gasteiger partial charge in [-0.05, 0) is 20.8 Å². The fourth-order valence-electron chi connectivity index (χ4n) is 1.68. The van der Waals surface area contributed by atoms with Gasteiger partial charge in [0.15, 0.2) is 0 Å². The van der Waals surface area contributed by atoms with Crippen LogP contribution in [-0.4, -0.2) is 29.2 Å².